The molecule has 0 aliphatic heterocycles. The summed E-state index contributed by atoms with van der Waals surface area (Å²) in [4.78, 5) is 13.4. The first-order valence-corrected chi connectivity index (χ1v) is 14.0. The van der Waals surface area contributed by atoms with Gasteiger partial charge in [0, 0.05) is 23.8 Å². The molecule has 1 heterocycles. The fourth-order valence-corrected chi connectivity index (χ4v) is 4.97. The van der Waals surface area contributed by atoms with E-state index in [1.165, 1.54) is 94.9 Å². The molecule has 0 saturated heterocycles. The molecule has 37 heavy (non-hydrogen) atoms. The molecule has 0 radical (unpaired) electrons. The molecule has 1 aromatic heterocycles. The van der Waals surface area contributed by atoms with E-state index < -0.39 is 0 Å². The van der Waals surface area contributed by atoms with Gasteiger partial charge in [0.2, 0.25) is 0 Å². The van der Waals surface area contributed by atoms with Crippen LogP contribution in [0.2, 0.25) is 0 Å². The molecule has 0 unspecified atom stereocenters. The Morgan fingerprint density at radius 2 is 1.19 bits per heavy atom. The lowest BCUT2D eigenvalue weighted by atomic mass is 9.98. The highest BCUT2D eigenvalue weighted by Crippen LogP contribution is 2.37. The first-order chi connectivity index (χ1) is 17.9. The van der Waals surface area contributed by atoms with Crippen molar-refractivity contribution in [2.45, 2.75) is 103 Å². The third-order valence-electron chi connectivity index (χ3n) is 7.06. The van der Waals surface area contributed by atoms with E-state index in [-0.39, 0.29) is 50.7 Å². The van der Waals surface area contributed by atoms with Gasteiger partial charge in [-0.1, -0.05) is 90.4 Å². The van der Waals surface area contributed by atoms with Gasteiger partial charge in [-0.25, -0.2) is 0 Å². The number of hydrogen-bond donors (Lipinski definition) is 4. The van der Waals surface area contributed by atoms with Crippen LogP contribution in [-0.2, 0) is 6.42 Å². The van der Waals surface area contributed by atoms with Gasteiger partial charge in [-0.2, -0.15) is 0 Å². The molecule has 202 valence electrons. The zero-order chi connectivity index (χ0) is 26.6. The first-order valence-electron chi connectivity index (χ1n) is 14.0. The summed E-state index contributed by atoms with van der Waals surface area (Å²) in [7, 11) is 0. The highest BCUT2D eigenvalue weighted by atomic mass is 16.3. The lowest BCUT2D eigenvalue weighted by molar-refractivity contribution is 0.449. The van der Waals surface area contributed by atoms with Crippen molar-refractivity contribution in [2.75, 3.05) is 0 Å². The number of rotatable bonds is 16. The Labute approximate surface area is 219 Å². The van der Waals surface area contributed by atoms with Gasteiger partial charge >= 0.3 is 0 Å². The predicted molar refractivity (Wildman–Crippen MR) is 149 cm³/mol. The maximum absolute atomic E-state index is 13.4. The second kappa shape index (κ2) is 14.6. The van der Waals surface area contributed by atoms with E-state index in [4.69, 9.17) is 4.42 Å². The van der Waals surface area contributed by atoms with Gasteiger partial charge in [0.15, 0.2) is 5.43 Å². The molecular formula is C31H42O6. The van der Waals surface area contributed by atoms with E-state index in [1.807, 2.05) is 0 Å². The molecule has 3 aromatic rings. The van der Waals surface area contributed by atoms with Crippen LogP contribution < -0.4 is 5.43 Å². The van der Waals surface area contributed by atoms with Gasteiger partial charge in [0.1, 0.15) is 39.7 Å². The average Bonchev–Trinajstić information content (AvgIpc) is 2.85. The van der Waals surface area contributed by atoms with E-state index in [1.54, 1.807) is 0 Å². The minimum atomic E-state index is -0.379. The van der Waals surface area contributed by atoms with Crippen molar-refractivity contribution in [3.05, 3.63) is 46.1 Å². The number of aromatic hydroxyl groups is 4. The smallest absolute Gasteiger partial charge is 0.200 e. The van der Waals surface area contributed by atoms with Gasteiger partial charge in [-0.3, -0.25) is 4.79 Å². The molecule has 6 nitrogen and oxygen atoms in total. The second-order valence-electron chi connectivity index (χ2n) is 10.1. The summed E-state index contributed by atoms with van der Waals surface area (Å²) in [6.07, 6.45) is 17.7. The zero-order valence-corrected chi connectivity index (χ0v) is 22.1. The minimum Gasteiger partial charge on any atom is -0.508 e. The highest BCUT2D eigenvalue weighted by molar-refractivity contribution is 5.87. The number of hydrogen-bond acceptors (Lipinski definition) is 6. The van der Waals surface area contributed by atoms with Gasteiger partial charge < -0.3 is 24.8 Å². The second-order valence-corrected chi connectivity index (χ2v) is 10.1. The predicted octanol–water partition coefficient (Wildman–Crippen LogP) is 8.31. The maximum atomic E-state index is 13.4. The fraction of sp³-hybridized carbons (Fsp3) is 0.516. The third kappa shape index (κ3) is 8.17. The zero-order valence-electron chi connectivity index (χ0n) is 22.1. The Morgan fingerprint density at radius 1 is 0.649 bits per heavy atom. The van der Waals surface area contributed by atoms with Crippen molar-refractivity contribution in [3.8, 4) is 34.3 Å². The quantitative estimate of drug-likeness (QED) is 0.144. The van der Waals surface area contributed by atoms with Crippen LogP contribution in [0.15, 0.2) is 39.5 Å². The van der Waals surface area contributed by atoms with Crippen molar-refractivity contribution < 1.29 is 24.8 Å². The van der Waals surface area contributed by atoms with Gasteiger partial charge in [0.05, 0.1) is 5.56 Å². The molecular weight excluding hydrogens is 468 g/mol. The molecule has 0 spiro atoms. The van der Waals surface area contributed by atoms with Crippen molar-refractivity contribution in [1.29, 1.82) is 0 Å². The molecule has 6 heteroatoms. The normalized spacial score (nSPS) is 11.4. The van der Waals surface area contributed by atoms with Crippen LogP contribution in [-0.4, -0.2) is 20.4 Å². The molecule has 0 saturated carbocycles. The van der Waals surface area contributed by atoms with Crippen molar-refractivity contribution >= 4 is 11.0 Å². The summed E-state index contributed by atoms with van der Waals surface area (Å²) >= 11 is 0. The van der Waals surface area contributed by atoms with E-state index in [2.05, 4.69) is 6.92 Å². The molecule has 0 aliphatic rings. The summed E-state index contributed by atoms with van der Waals surface area (Å²) in [5, 5.41) is 40.3. The largest absolute Gasteiger partial charge is 0.508 e. The summed E-state index contributed by atoms with van der Waals surface area (Å²) in [5.41, 5.74) is 0.305. The van der Waals surface area contributed by atoms with Crippen molar-refractivity contribution in [3.63, 3.8) is 0 Å². The Balaban J connectivity index is 1.56. The lowest BCUT2D eigenvalue weighted by Crippen LogP contribution is -2.11. The van der Waals surface area contributed by atoms with Gasteiger partial charge in [-0.15, -0.1) is 0 Å². The first kappa shape index (κ1) is 28.4. The standard InChI is InChI=1S/C31H42O6/c1-2-3-4-5-6-7-8-9-10-11-12-13-14-15-16-25-30(36)29-27(35)20-23(33)21-28(29)37-31(25)24-18-17-22(32)19-26(24)34/h17-21,32-35H,2-16H2,1H3. The Kier molecular flexibility index (Phi) is 11.2. The van der Waals surface area contributed by atoms with E-state index in [9.17, 15) is 25.2 Å². The third-order valence-corrected chi connectivity index (χ3v) is 7.06. The molecule has 4 N–H and O–H groups in total. The minimum absolute atomic E-state index is 0.0141. The number of phenols is 4. The van der Waals surface area contributed by atoms with Crippen LogP contribution >= 0.6 is 0 Å². The van der Waals surface area contributed by atoms with Gasteiger partial charge in [0.25, 0.3) is 0 Å². The van der Waals surface area contributed by atoms with Crippen LogP contribution in [0, 0.1) is 0 Å². The molecule has 0 bridgehead atoms. The Morgan fingerprint density at radius 3 is 1.76 bits per heavy atom. The topological polar surface area (TPSA) is 111 Å². The molecule has 0 amide bonds. The summed E-state index contributed by atoms with van der Waals surface area (Å²) in [6, 6.07) is 6.48. The Hall–Kier alpha value is -3.15. The summed E-state index contributed by atoms with van der Waals surface area (Å²) in [5.74, 6) is -0.696. The van der Waals surface area contributed by atoms with Crippen molar-refractivity contribution in [2.24, 2.45) is 0 Å². The number of fused-ring (bicyclic) bond motifs is 1. The van der Waals surface area contributed by atoms with Crippen molar-refractivity contribution in [1.82, 2.24) is 0 Å². The molecule has 0 fully saturated rings. The van der Waals surface area contributed by atoms with Crippen LogP contribution in [0.5, 0.6) is 23.0 Å². The Bertz CT molecular complexity index is 1200. The monoisotopic (exact) mass is 510 g/mol. The van der Waals surface area contributed by atoms with Gasteiger partial charge in [-0.05, 0) is 25.0 Å². The average molecular weight is 511 g/mol. The highest BCUT2D eigenvalue weighted by Gasteiger charge is 2.21. The van der Waals surface area contributed by atoms with Crippen LogP contribution in [0.3, 0.4) is 0 Å². The SMILES string of the molecule is CCCCCCCCCCCCCCCCc1c(-c2ccc(O)cc2O)oc2cc(O)cc(O)c2c1=O. The summed E-state index contributed by atoms with van der Waals surface area (Å²) < 4.78 is 5.95. The van der Waals surface area contributed by atoms with E-state index in [0.29, 0.717) is 12.0 Å². The van der Waals surface area contributed by atoms with Crippen LogP contribution in [0.25, 0.3) is 22.3 Å². The number of benzene rings is 2. The molecule has 0 atom stereocenters. The maximum Gasteiger partial charge on any atom is 0.200 e. The number of phenolic OH excluding ortho intramolecular Hbond substituents is 4. The van der Waals surface area contributed by atoms with Crippen LogP contribution in [0.4, 0.5) is 0 Å². The molecule has 0 aliphatic carbocycles. The lowest BCUT2D eigenvalue weighted by Gasteiger charge is -2.12. The molecule has 2 aromatic carbocycles. The fourth-order valence-electron chi connectivity index (χ4n) is 4.97. The van der Waals surface area contributed by atoms with Crippen LogP contribution in [0.1, 0.15) is 102 Å². The number of unbranched alkanes of at least 4 members (excludes halogenated alkanes) is 13. The van der Waals surface area contributed by atoms with E-state index >= 15 is 0 Å². The van der Waals surface area contributed by atoms with E-state index in [0.717, 1.165) is 25.3 Å². The summed E-state index contributed by atoms with van der Waals surface area (Å²) in [6.45, 7) is 2.25. The molecule has 3 rings (SSSR count).